The molecular weight excluding hydrogens is 670 g/mol. The van der Waals surface area contributed by atoms with Crippen LogP contribution in [0.1, 0.15) is 27.8 Å². The summed E-state index contributed by atoms with van der Waals surface area (Å²) >= 11 is 12.7. The molecule has 1 saturated heterocycles. The first-order valence-electron chi connectivity index (χ1n) is 15.5. The van der Waals surface area contributed by atoms with Gasteiger partial charge >= 0.3 is 6.18 Å². The predicted octanol–water partition coefficient (Wildman–Crippen LogP) is 9.20. The van der Waals surface area contributed by atoms with Crippen molar-refractivity contribution in [2.75, 3.05) is 4.90 Å². The van der Waals surface area contributed by atoms with Gasteiger partial charge in [0.1, 0.15) is 0 Å². The first kappa shape index (κ1) is 31.3. The van der Waals surface area contributed by atoms with Crippen molar-refractivity contribution >= 4 is 57.6 Å². The molecule has 3 aliphatic rings. The van der Waals surface area contributed by atoms with Crippen molar-refractivity contribution in [3.63, 3.8) is 0 Å². The third-order valence-corrected chi connectivity index (χ3v) is 10.7. The number of carbonyl (C=O) groups excluding carboxylic acids is 3. The Balaban J connectivity index is 1.53. The van der Waals surface area contributed by atoms with Crippen molar-refractivity contribution in [2.45, 2.75) is 17.0 Å². The van der Waals surface area contributed by atoms with Crippen molar-refractivity contribution < 1.29 is 27.6 Å². The van der Waals surface area contributed by atoms with Crippen LogP contribution < -0.4 is 4.90 Å². The smallest absolute Gasteiger partial charge is 0.297 e. The quantitative estimate of drug-likeness (QED) is 0.173. The number of ketones is 1. The molecule has 9 heteroatoms. The summed E-state index contributed by atoms with van der Waals surface area (Å²) in [6.45, 7) is 0. The van der Waals surface area contributed by atoms with Crippen LogP contribution in [0.5, 0.6) is 0 Å². The standard InChI is InChI=1S/C40H24Cl2F3NO3/c41-28-18-14-25(15-19-28)38-31(23-8-3-1-4-9-23)32(24-10-5-2-6-11-24)39(37(38)49,26-16-20-29(42)21-17-26)34-33(38)35(47)46(36(34)48)30-13-7-12-27(22-30)40(43,44)45/h1-22,33-34H/t33-,34-,38-,39+/m1/s1. The lowest BCUT2D eigenvalue weighted by Gasteiger charge is -2.39. The number of carbonyl (C=O) groups is 3. The Hall–Kier alpha value is -4.98. The number of rotatable bonds is 5. The van der Waals surface area contributed by atoms with Gasteiger partial charge in [-0.15, -0.1) is 0 Å². The van der Waals surface area contributed by atoms with Crippen LogP contribution in [0.2, 0.25) is 10.0 Å². The van der Waals surface area contributed by atoms with Gasteiger partial charge in [-0.05, 0) is 75.9 Å². The van der Waals surface area contributed by atoms with E-state index in [2.05, 4.69) is 0 Å². The van der Waals surface area contributed by atoms with Crippen LogP contribution in [0.3, 0.4) is 0 Å². The van der Waals surface area contributed by atoms with Crippen molar-refractivity contribution in [2.24, 2.45) is 11.8 Å². The van der Waals surface area contributed by atoms with E-state index < -0.39 is 46.2 Å². The number of amides is 2. The highest BCUT2D eigenvalue weighted by atomic mass is 35.5. The molecule has 0 unspecified atom stereocenters. The van der Waals surface area contributed by atoms with Gasteiger partial charge in [-0.25, -0.2) is 4.90 Å². The number of hydrogen-bond donors (Lipinski definition) is 0. The number of hydrogen-bond acceptors (Lipinski definition) is 3. The Morgan fingerprint density at radius 1 is 0.551 bits per heavy atom. The molecule has 2 aliphatic carbocycles. The number of anilines is 1. The third kappa shape index (κ3) is 4.22. The average molecular weight is 695 g/mol. The summed E-state index contributed by atoms with van der Waals surface area (Å²) < 4.78 is 41.7. The summed E-state index contributed by atoms with van der Waals surface area (Å²) in [5.74, 6) is -4.49. The second-order valence-electron chi connectivity index (χ2n) is 12.5. The first-order chi connectivity index (χ1) is 23.5. The molecule has 49 heavy (non-hydrogen) atoms. The Morgan fingerprint density at radius 3 is 1.39 bits per heavy atom. The van der Waals surface area contributed by atoms with Gasteiger partial charge in [-0.3, -0.25) is 14.4 Å². The number of nitrogens with zero attached hydrogens (tertiary/aromatic N) is 1. The lowest BCUT2D eigenvalue weighted by molar-refractivity contribution is -0.137. The molecule has 1 saturated carbocycles. The number of halogens is 5. The highest BCUT2D eigenvalue weighted by Crippen LogP contribution is 2.74. The van der Waals surface area contributed by atoms with Gasteiger partial charge in [-0.1, -0.05) is 114 Å². The Morgan fingerprint density at radius 2 is 0.980 bits per heavy atom. The Kier molecular flexibility index (Phi) is 7.04. The SMILES string of the molecule is O=C1[C@H]2[C@H](C(=O)N1c1cccc(C(F)(F)F)c1)[C@]1(c3ccc(Cl)cc3)C(=O)[C@@]2(c2ccc(Cl)cc2)C(c2ccccc2)=C1c1ccccc1. The Bertz CT molecular complexity index is 2080. The van der Waals surface area contributed by atoms with E-state index in [1.165, 1.54) is 12.1 Å². The van der Waals surface area contributed by atoms with E-state index in [9.17, 15) is 22.8 Å². The maximum atomic E-state index is 15.9. The average Bonchev–Trinajstić information content (AvgIpc) is 3.61. The lowest BCUT2D eigenvalue weighted by atomic mass is 9.59. The van der Waals surface area contributed by atoms with E-state index in [1.807, 2.05) is 60.7 Å². The van der Waals surface area contributed by atoms with E-state index in [1.54, 1.807) is 48.5 Å². The molecule has 242 valence electrons. The molecule has 2 bridgehead atoms. The second-order valence-corrected chi connectivity index (χ2v) is 13.3. The fourth-order valence-electron chi connectivity index (χ4n) is 8.43. The number of alkyl halides is 3. The fraction of sp³-hybridized carbons (Fsp3) is 0.125. The molecule has 2 amide bonds. The van der Waals surface area contributed by atoms with Gasteiger partial charge in [0, 0.05) is 10.0 Å². The maximum Gasteiger partial charge on any atom is 0.416 e. The largest absolute Gasteiger partial charge is 0.416 e. The second kappa shape index (κ2) is 11.0. The van der Waals surface area contributed by atoms with Gasteiger partial charge in [-0.2, -0.15) is 13.2 Å². The van der Waals surface area contributed by atoms with Crippen LogP contribution in [0.4, 0.5) is 18.9 Å². The zero-order chi connectivity index (χ0) is 34.3. The zero-order valence-electron chi connectivity index (χ0n) is 25.4. The van der Waals surface area contributed by atoms with E-state index in [0.717, 1.165) is 17.0 Å². The molecule has 4 nitrogen and oxygen atoms in total. The van der Waals surface area contributed by atoms with Gasteiger partial charge in [0.05, 0.1) is 33.9 Å². The van der Waals surface area contributed by atoms with Crippen LogP contribution in [0.25, 0.3) is 11.1 Å². The van der Waals surface area contributed by atoms with Crippen LogP contribution in [-0.4, -0.2) is 17.6 Å². The molecular formula is C40H24Cl2F3NO3. The molecule has 0 aromatic heterocycles. The minimum absolute atomic E-state index is 0.217. The van der Waals surface area contributed by atoms with Crippen LogP contribution in [0.15, 0.2) is 133 Å². The van der Waals surface area contributed by atoms with E-state index in [4.69, 9.17) is 23.2 Å². The molecule has 1 aliphatic heterocycles. The minimum atomic E-state index is -4.72. The topological polar surface area (TPSA) is 54.5 Å². The third-order valence-electron chi connectivity index (χ3n) is 10.1. The summed E-state index contributed by atoms with van der Waals surface area (Å²) in [6.07, 6.45) is -4.72. The van der Waals surface area contributed by atoms with Gasteiger partial charge in [0.15, 0.2) is 5.78 Å². The van der Waals surface area contributed by atoms with Crippen molar-refractivity contribution in [1.82, 2.24) is 0 Å². The van der Waals surface area contributed by atoms with Crippen LogP contribution in [-0.2, 0) is 31.4 Å². The van der Waals surface area contributed by atoms with Crippen LogP contribution >= 0.6 is 23.2 Å². The van der Waals surface area contributed by atoms with Gasteiger partial charge in [0.25, 0.3) is 0 Å². The van der Waals surface area contributed by atoms with Crippen molar-refractivity contribution in [3.05, 3.63) is 171 Å². The number of allylic oxidation sites excluding steroid dienone is 2. The summed E-state index contributed by atoms with van der Waals surface area (Å²) in [7, 11) is 0. The van der Waals surface area contributed by atoms with E-state index >= 15 is 4.79 Å². The molecule has 1 heterocycles. The Labute approximate surface area is 289 Å². The lowest BCUT2D eigenvalue weighted by Crippen LogP contribution is -2.45. The molecule has 0 radical (unpaired) electrons. The monoisotopic (exact) mass is 693 g/mol. The summed E-state index contributed by atoms with van der Waals surface area (Å²) in [5.41, 5.74) is -1.36. The molecule has 2 fully saturated rings. The predicted molar refractivity (Wildman–Crippen MR) is 182 cm³/mol. The van der Waals surface area contributed by atoms with Crippen LogP contribution in [0, 0.1) is 11.8 Å². The molecule has 8 rings (SSSR count). The summed E-state index contributed by atoms with van der Waals surface area (Å²) in [5, 5.41) is 0.800. The molecule has 5 aromatic rings. The maximum absolute atomic E-state index is 15.9. The first-order valence-corrected chi connectivity index (χ1v) is 16.3. The summed E-state index contributed by atoms with van der Waals surface area (Å²) in [4.78, 5) is 46.7. The van der Waals surface area contributed by atoms with Gasteiger partial charge in [0.2, 0.25) is 11.8 Å². The van der Waals surface area contributed by atoms with E-state index in [0.29, 0.717) is 43.4 Å². The van der Waals surface area contributed by atoms with E-state index in [-0.39, 0.29) is 11.5 Å². The highest BCUT2D eigenvalue weighted by molar-refractivity contribution is 6.39. The number of Topliss-reactive ketones (excluding diaryl/α,β-unsaturated/α-hetero) is 1. The van der Waals surface area contributed by atoms with Crippen molar-refractivity contribution in [3.8, 4) is 0 Å². The summed E-state index contributed by atoms with van der Waals surface area (Å²) in [6, 6.07) is 35.9. The molecule has 0 spiro atoms. The normalized spacial score (nSPS) is 24.6. The highest BCUT2D eigenvalue weighted by Gasteiger charge is 2.82. The number of benzene rings is 5. The van der Waals surface area contributed by atoms with Crippen molar-refractivity contribution in [1.29, 1.82) is 0 Å². The molecule has 5 aromatic carbocycles. The van der Waals surface area contributed by atoms with Gasteiger partial charge < -0.3 is 0 Å². The zero-order valence-corrected chi connectivity index (χ0v) is 26.9. The fourth-order valence-corrected chi connectivity index (χ4v) is 8.69. The number of fused-ring (bicyclic) bond motifs is 5. The minimum Gasteiger partial charge on any atom is -0.297 e. The molecule has 0 N–H and O–H groups in total. The number of imide groups is 1. The molecule has 4 atom stereocenters.